The number of aryl methyl sites for hydroxylation is 1. The van der Waals surface area contributed by atoms with Crippen LogP contribution in [0.1, 0.15) is 41.3 Å². The van der Waals surface area contributed by atoms with Crippen LogP contribution >= 0.6 is 0 Å². The van der Waals surface area contributed by atoms with E-state index in [4.69, 9.17) is 4.42 Å². The predicted molar refractivity (Wildman–Crippen MR) is 109 cm³/mol. The van der Waals surface area contributed by atoms with Crippen molar-refractivity contribution in [3.05, 3.63) is 88.3 Å². The molecule has 1 N–H and O–H groups in total. The van der Waals surface area contributed by atoms with E-state index in [2.05, 4.69) is 18.8 Å². The number of benzene rings is 2. The summed E-state index contributed by atoms with van der Waals surface area (Å²) >= 11 is 0. The third-order valence-corrected chi connectivity index (χ3v) is 4.48. The van der Waals surface area contributed by atoms with E-state index in [0.717, 1.165) is 24.8 Å². The molecule has 0 radical (unpaired) electrons. The molecule has 138 valence electrons. The Hall–Kier alpha value is -3.14. The average Bonchev–Trinajstić information content (AvgIpc) is 2.67. The number of amides is 1. The molecule has 0 aliphatic heterocycles. The summed E-state index contributed by atoms with van der Waals surface area (Å²) in [7, 11) is 0. The Morgan fingerprint density at radius 3 is 2.67 bits per heavy atom. The highest BCUT2D eigenvalue weighted by Crippen LogP contribution is 2.20. The van der Waals surface area contributed by atoms with Gasteiger partial charge in [0.2, 0.25) is 0 Å². The van der Waals surface area contributed by atoms with E-state index in [1.165, 1.54) is 5.56 Å². The third kappa shape index (κ3) is 4.34. The van der Waals surface area contributed by atoms with Crippen molar-refractivity contribution in [1.82, 2.24) is 0 Å². The Morgan fingerprint density at radius 1 is 1.19 bits per heavy atom. The minimum atomic E-state index is -0.643. The number of rotatable bonds is 7. The molecule has 4 nitrogen and oxygen atoms in total. The lowest BCUT2D eigenvalue weighted by Gasteiger charge is -2.08. The Kier molecular flexibility index (Phi) is 5.87. The lowest BCUT2D eigenvalue weighted by atomic mass is 10.1. The van der Waals surface area contributed by atoms with Crippen LogP contribution < -0.4 is 10.9 Å². The van der Waals surface area contributed by atoms with Gasteiger partial charge in [0.15, 0.2) is 0 Å². The lowest BCUT2D eigenvalue weighted by Crippen LogP contribution is -2.20. The topological polar surface area (TPSA) is 59.3 Å². The summed E-state index contributed by atoms with van der Waals surface area (Å²) in [5, 5.41) is 3.49. The van der Waals surface area contributed by atoms with Crippen LogP contribution in [-0.2, 0) is 12.8 Å². The van der Waals surface area contributed by atoms with E-state index in [0.29, 0.717) is 23.1 Å². The van der Waals surface area contributed by atoms with Crippen LogP contribution in [-0.4, -0.2) is 5.91 Å². The number of fused-ring (bicyclic) bond motifs is 1. The van der Waals surface area contributed by atoms with Crippen molar-refractivity contribution in [2.45, 2.75) is 32.6 Å². The van der Waals surface area contributed by atoms with E-state index in [9.17, 15) is 9.59 Å². The Morgan fingerprint density at radius 2 is 1.96 bits per heavy atom. The van der Waals surface area contributed by atoms with Crippen molar-refractivity contribution in [1.29, 1.82) is 0 Å². The van der Waals surface area contributed by atoms with Crippen molar-refractivity contribution in [3.63, 3.8) is 0 Å². The normalized spacial score (nSPS) is 10.7. The van der Waals surface area contributed by atoms with Gasteiger partial charge in [0.25, 0.3) is 5.91 Å². The quantitative estimate of drug-likeness (QED) is 0.469. The van der Waals surface area contributed by atoms with Crippen LogP contribution in [0.25, 0.3) is 11.0 Å². The van der Waals surface area contributed by atoms with Crippen LogP contribution in [0, 0.1) is 0 Å². The molecule has 0 fully saturated rings. The zero-order chi connectivity index (χ0) is 19.2. The second kappa shape index (κ2) is 8.49. The molecular weight excluding hydrogens is 338 g/mol. The molecular formula is C23H23NO3. The molecule has 0 bridgehead atoms. The summed E-state index contributed by atoms with van der Waals surface area (Å²) in [6, 6.07) is 14.9. The first-order chi connectivity index (χ1) is 13.1. The van der Waals surface area contributed by atoms with Crippen molar-refractivity contribution >= 4 is 22.6 Å². The highest BCUT2D eigenvalue weighted by atomic mass is 16.4. The average molecular weight is 361 g/mol. The number of anilines is 1. The summed E-state index contributed by atoms with van der Waals surface area (Å²) in [5.41, 5.74) is 2.60. The highest BCUT2D eigenvalue weighted by molar-refractivity contribution is 6.05. The molecule has 0 unspecified atom stereocenters. The maximum Gasteiger partial charge on any atom is 0.349 e. The molecule has 0 atom stereocenters. The third-order valence-electron chi connectivity index (χ3n) is 4.48. The van der Waals surface area contributed by atoms with E-state index >= 15 is 0 Å². The van der Waals surface area contributed by atoms with Gasteiger partial charge in [-0.1, -0.05) is 49.8 Å². The van der Waals surface area contributed by atoms with E-state index in [1.54, 1.807) is 12.1 Å². The molecule has 1 amide bonds. The monoisotopic (exact) mass is 361 g/mol. The summed E-state index contributed by atoms with van der Waals surface area (Å²) in [4.78, 5) is 24.9. The van der Waals surface area contributed by atoms with Crippen LogP contribution in [0.2, 0.25) is 0 Å². The zero-order valence-electron chi connectivity index (χ0n) is 15.5. The minimum Gasteiger partial charge on any atom is -0.422 e. The van der Waals surface area contributed by atoms with Gasteiger partial charge in [0.1, 0.15) is 11.1 Å². The minimum absolute atomic E-state index is 0.00619. The Labute approximate surface area is 158 Å². The Bertz CT molecular complexity index is 1020. The molecule has 0 aliphatic carbocycles. The van der Waals surface area contributed by atoms with Crippen LogP contribution in [0.4, 0.5) is 5.69 Å². The van der Waals surface area contributed by atoms with E-state index in [-0.39, 0.29) is 5.56 Å². The van der Waals surface area contributed by atoms with Crippen LogP contribution in [0.5, 0.6) is 0 Å². The second-order valence-corrected chi connectivity index (χ2v) is 6.53. The van der Waals surface area contributed by atoms with Gasteiger partial charge < -0.3 is 9.73 Å². The molecule has 1 heterocycles. The fraction of sp³-hybridized carbons (Fsp3) is 0.217. The number of unbranched alkanes of at least 4 members (excludes halogenated alkanes) is 1. The van der Waals surface area contributed by atoms with Crippen molar-refractivity contribution in [2.24, 2.45) is 0 Å². The number of para-hydroxylation sites is 1. The van der Waals surface area contributed by atoms with Gasteiger partial charge in [-0.05, 0) is 48.6 Å². The number of carbonyl (C=O) groups excluding carboxylic acids is 1. The van der Waals surface area contributed by atoms with Gasteiger partial charge in [-0.2, -0.15) is 0 Å². The number of hydrogen-bond acceptors (Lipinski definition) is 3. The smallest absolute Gasteiger partial charge is 0.349 e. The largest absolute Gasteiger partial charge is 0.422 e. The van der Waals surface area contributed by atoms with Gasteiger partial charge in [-0.25, -0.2) is 4.79 Å². The van der Waals surface area contributed by atoms with Crippen molar-refractivity contribution < 1.29 is 9.21 Å². The van der Waals surface area contributed by atoms with Gasteiger partial charge in [0, 0.05) is 11.1 Å². The van der Waals surface area contributed by atoms with Gasteiger partial charge >= 0.3 is 5.63 Å². The predicted octanol–water partition coefficient (Wildman–Crippen LogP) is 5.12. The first-order valence-electron chi connectivity index (χ1n) is 9.19. The first kappa shape index (κ1) is 18.6. The van der Waals surface area contributed by atoms with Crippen LogP contribution in [0.15, 0.2) is 70.4 Å². The summed E-state index contributed by atoms with van der Waals surface area (Å²) < 4.78 is 5.43. The molecule has 0 aliphatic rings. The number of hydrogen-bond donors (Lipinski definition) is 1. The van der Waals surface area contributed by atoms with Gasteiger partial charge in [0.05, 0.1) is 0 Å². The summed E-state index contributed by atoms with van der Waals surface area (Å²) in [6.45, 7) is 5.87. The zero-order valence-corrected chi connectivity index (χ0v) is 15.5. The molecule has 27 heavy (non-hydrogen) atoms. The van der Waals surface area contributed by atoms with Gasteiger partial charge in [-0.15, -0.1) is 6.58 Å². The maximum absolute atomic E-state index is 12.6. The molecule has 2 aromatic carbocycles. The molecule has 0 saturated carbocycles. The van der Waals surface area contributed by atoms with Crippen molar-refractivity contribution in [2.75, 3.05) is 5.32 Å². The van der Waals surface area contributed by atoms with E-state index in [1.807, 2.05) is 42.5 Å². The van der Waals surface area contributed by atoms with Crippen molar-refractivity contribution in [3.8, 4) is 0 Å². The fourth-order valence-corrected chi connectivity index (χ4v) is 3.01. The van der Waals surface area contributed by atoms with E-state index < -0.39 is 11.5 Å². The van der Waals surface area contributed by atoms with Crippen LogP contribution in [0.3, 0.4) is 0 Å². The summed E-state index contributed by atoms with van der Waals surface area (Å²) in [6.07, 6.45) is 5.64. The number of carbonyl (C=O) groups is 1. The number of allylic oxidation sites excluding steroid dienone is 1. The summed E-state index contributed by atoms with van der Waals surface area (Å²) in [5.74, 6) is -0.471. The second-order valence-electron chi connectivity index (χ2n) is 6.53. The lowest BCUT2D eigenvalue weighted by molar-refractivity contribution is 0.102. The first-order valence-corrected chi connectivity index (χ1v) is 9.19. The highest BCUT2D eigenvalue weighted by Gasteiger charge is 2.15. The standard InChI is InChI=1S/C23H23NO3/c1-3-5-8-16-11-13-19(14-12-16)24-22(25)20-15-18-10-6-9-17(7-4-2)21(18)27-23(20)26/h4,6,9-15H,2-3,5,7-8H2,1H3,(H,24,25). The molecule has 1 aromatic heterocycles. The molecule has 3 rings (SSSR count). The molecule has 3 aromatic rings. The fourth-order valence-electron chi connectivity index (χ4n) is 3.01. The molecule has 0 saturated heterocycles. The molecule has 4 heteroatoms. The Balaban J connectivity index is 1.84. The number of nitrogens with one attached hydrogen (secondary N) is 1. The maximum atomic E-state index is 12.6. The SMILES string of the molecule is C=CCc1cccc2cc(C(=O)Nc3ccc(CCCC)cc3)c(=O)oc12. The molecule has 0 spiro atoms. The van der Waals surface area contributed by atoms with Gasteiger partial charge in [-0.3, -0.25) is 4.79 Å².